The van der Waals surface area contributed by atoms with E-state index in [-0.39, 0.29) is 5.91 Å². The molecule has 0 bridgehead atoms. The molecule has 4 rings (SSSR count). The Labute approximate surface area is 161 Å². The molecular weight excluding hydrogens is 356 g/mol. The van der Waals surface area contributed by atoms with Crippen molar-refractivity contribution in [3.05, 3.63) is 72.3 Å². The molecule has 0 unspecified atom stereocenters. The van der Waals surface area contributed by atoms with E-state index in [1.807, 2.05) is 42.5 Å². The van der Waals surface area contributed by atoms with Crippen molar-refractivity contribution in [1.82, 2.24) is 4.98 Å². The van der Waals surface area contributed by atoms with E-state index in [0.29, 0.717) is 39.8 Å². The van der Waals surface area contributed by atoms with Crippen LogP contribution in [0.5, 0.6) is 11.5 Å². The van der Waals surface area contributed by atoms with E-state index < -0.39 is 0 Å². The van der Waals surface area contributed by atoms with Gasteiger partial charge >= 0.3 is 0 Å². The Morgan fingerprint density at radius 2 is 1.57 bits per heavy atom. The number of aromatic nitrogens is 1. The second kappa shape index (κ2) is 7.44. The van der Waals surface area contributed by atoms with E-state index in [2.05, 4.69) is 10.3 Å². The Bertz CT molecular complexity index is 1090. The second-order valence-corrected chi connectivity index (χ2v) is 6.02. The van der Waals surface area contributed by atoms with Crippen LogP contribution in [-0.2, 0) is 0 Å². The molecular formula is C22H18N2O4. The van der Waals surface area contributed by atoms with Gasteiger partial charge in [-0.3, -0.25) is 4.79 Å². The third-order valence-corrected chi connectivity index (χ3v) is 4.35. The largest absolute Gasteiger partial charge is 0.496 e. The number of rotatable bonds is 5. The van der Waals surface area contributed by atoms with Crippen LogP contribution in [-0.4, -0.2) is 25.1 Å². The van der Waals surface area contributed by atoms with Crippen LogP contribution < -0.4 is 14.8 Å². The maximum Gasteiger partial charge on any atom is 0.263 e. The number of oxazole rings is 1. The van der Waals surface area contributed by atoms with Gasteiger partial charge in [-0.15, -0.1) is 0 Å². The number of anilines is 1. The first kappa shape index (κ1) is 17.6. The molecule has 4 aromatic rings. The maximum atomic E-state index is 13.0. The summed E-state index contributed by atoms with van der Waals surface area (Å²) in [4.78, 5) is 17.5. The molecule has 0 atom stereocenters. The second-order valence-electron chi connectivity index (χ2n) is 6.02. The standard InChI is InChI=1S/C22H18N2O4/c1-26-18-12-7-13-19(27-2)20(18)21(25)23-15-9-4-3-8-14(15)22-24-16-10-5-6-11-17(16)28-22/h3-13H,1-2H3,(H,23,25). The first-order chi connectivity index (χ1) is 13.7. The van der Waals surface area contributed by atoms with Crippen molar-refractivity contribution in [3.8, 4) is 23.0 Å². The fourth-order valence-corrected chi connectivity index (χ4v) is 3.03. The number of ether oxygens (including phenoxy) is 2. The van der Waals surface area contributed by atoms with Gasteiger partial charge in [-0.25, -0.2) is 4.98 Å². The van der Waals surface area contributed by atoms with Crippen molar-refractivity contribution in [2.24, 2.45) is 0 Å². The third-order valence-electron chi connectivity index (χ3n) is 4.35. The summed E-state index contributed by atoms with van der Waals surface area (Å²) in [5.74, 6) is 0.939. The van der Waals surface area contributed by atoms with E-state index in [1.54, 1.807) is 24.3 Å². The van der Waals surface area contributed by atoms with Gasteiger partial charge in [0.15, 0.2) is 5.58 Å². The number of hydrogen-bond donors (Lipinski definition) is 1. The molecule has 0 aliphatic rings. The molecule has 140 valence electrons. The Hall–Kier alpha value is -3.80. The third kappa shape index (κ3) is 3.16. The first-order valence-electron chi connectivity index (χ1n) is 8.68. The highest BCUT2D eigenvalue weighted by molar-refractivity contribution is 6.09. The summed E-state index contributed by atoms with van der Waals surface area (Å²) in [6.45, 7) is 0. The molecule has 6 heteroatoms. The molecule has 0 saturated heterocycles. The Balaban J connectivity index is 1.73. The van der Waals surface area contributed by atoms with Gasteiger partial charge in [0, 0.05) is 0 Å². The van der Waals surface area contributed by atoms with Crippen molar-refractivity contribution in [3.63, 3.8) is 0 Å². The number of hydrogen-bond acceptors (Lipinski definition) is 5. The Kier molecular flexibility index (Phi) is 4.68. The monoisotopic (exact) mass is 374 g/mol. The number of methoxy groups -OCH3 is 2. The summed E-state index contributed by atoms with van der Waals surface area (Å²) < 4.78 is 16.5. The summed E-state index contributed by atoms with van der Waals surface area (Å²) in [7, 11) is 3.02. The SMILES string of the molecule is COc1cccc(OC)c1C(=O)Nc1ccccc1-c1nc2ccccc2o1. The maximum absolute atomic E-state index is 13.0. The van der Waals surface area contributed by atoms with Crippen LogP contribution in [0.25, 0.3) is 22.6 Å². The lowest BCUT2D eigenvalue weighted by Gasteiger charge is -2.14. The average Bonchev–Trinajstić information content (AvgIpc) is 3.17. The topological polar surface area (TPSA) is 73.6 Å². The molecule has 28 heavy (non-hydrogen) atoms. The molecule has 0 spiro atoms. The molecule has 1 aromatic heterocycles. The van der Waals surface area contributed by atoms with Crippen molar-refractivity contribution in [2.45, 2.75) is 0 Å². The quantitative estimate of drug-likeness (QED) is 0.545. The van der Waals surface area contributed by atoms with Gasteiger partial charge in [0.2, 0.25) is 5.89 Å². The van der Waals surface area contributed by atoms with E-state index in [1.165, 1.54) is 14.2 Å². The minimum atomic E-state index is -0.349. The smallest absolute Gasteiger partial charge is 0.263 e. The average molecular weight is 374 g/mol. The van der Waals surface area contributed by atoms with Crippen LogP contribution in [0.1, 0.15) is 10.4 Å². The van der Waals surface area contributed by atoms with Gasteiger partial charge in [0.05, 0.1) is 25.5 Å². The Morgan fingerprint density at radius 1 is 0.893 bits per heavy atom. The van der Waals surface area contributed by atoms with Gasteiger partial charge in [-0.1, -0.05) is 30.3 Å². The fourth-order valence-electron chi connectivity index (χ4n) is 3.03. The number of amides is 1. The molecule has 1 N–H and O–H groups in total. The normalized spacial score (nSPS) is 10.6. The number of carbonyl (C=O) groups excluding carboxylic acids is 1. The van der Waals surface area contributed by atoms with Gasteiger partial charge in [-0.2, -0.15) is 0 Å². The van der Waals surface area contributed by atoms with Crippen LogP contribution in [0.3, 0.4) is 0 Å². The van der Waals surface area contributed by atoms with Gasteiger partial charge in [0.25, 0.3) is 5.91 Å². The van der Waals surface area contributed by atoms with E-state index in [9.17, 15) is 4.79 Å². The molecule has 0 radical (unpaired) electrons. The number of para-hydroxylation sites is 3. The van der Waals surface area contributed by atoms with Crippen LogP contribution in [0, 0.1) is 0 Å². The summed E-state index contributed by atoms with van der Waals surface area (Å²) in [6.07, 6.45) is 0. The predicted molar refractivity (Wildman–Crippen MR) is 107 cm³/mol. The molecule has 0 aliphatic carbocycles. The predicted octanol–water partition coefficient (Wildman–Crippen LogP) is 4.76. The molecule has 0 fully saturated rings. The summed E-state index contributed by atoms with van der Waals surface area (Å²) in [6, 6.07) is 20.1. The minimum Gasteiger partial charge on any atom is -0.496 e. The van der Waals surface area contributed by atoms with Crippen molar-refractivity contribution in [1.29, 1.82) is 0 Å². The number of carbonyl (C=O) groups is 1. The van der Waals surface area contributed by atoms with Crippen LogP contribution in [0.4, 0.5) is 5.69 Å². The molecule has 0 saturated carbocycles. The van der Waals surface area contributed by atoms with Crippen LogP contribution >= 0.6 is 0 Å². The fraction of sp³-hybridized carbons (Fsp3) is 0.0909. The van der Waals surface area contributed by atoms with E-state index in [4.69, 9.17) is 13.9 Å². The lowest BCUT2D eigenvalue weighted by atomic mass is 10.1. The number of nitrogens with one attached hydrogen (secondary N) is 1. The summed E-state index contributed by atoms with van der Waals surface area (Å²) >= 11 is 0. The van der Waals surface area contributed by atoms with Crippen molar-refractivity contribution in [2.75, 3.05) is 19.5 Å². The van der Waals surface area contributed by atoms with Crippen molar-refractivity contribution >= 4 is 22.7 Å². The highest BCUT2D eigenvalue weighted by Gasteiger charge is 2.20. The Morgan fingerprint density at radius 3 is 2.29 bits per heavy atom. The number of fused-ring (bicyclic) bond motifs is 1. The number of benzene rings is 3. The van der Waals surface area contributed by atoms with Gasteiger partial charge < -0.3 is 19.2 Å². The highest BCUT2D eigenvalue weighted by Crippen LogP contribution is 2.33. The molecule has 3 aromatic carbocycles. The van der Waals surface area contributed by atoms with Crippen LogP contribution in [0.15, 0.2) is 71.1 Å². The number of nitrogens with zero attached hydrogens (tertiary/aromatic N) is 1. The zero-order chi connectivity index (χ0) is 19.5. The van der Waals surface area contributed by atoms with Crippen LogP contribution in [0.2, 0.25) is 0 Å². The van der Waals surface area contributed by atoms with E-state index in [0.717, 1.165) is 5.52 Å². The van der Waals surface area contributed by atoms with Crippen molar-refractivity contribution < 1.29 is 18.7 Å². The molecule has 1 amide bonds. The highest BCUT2D eigenvalue weighted by atomic mass is 16.5. The molecule has 0 aliphatic heterocycles. The lowest BCUT2D eigenvalue weighted by Crippen LogP contribution is -2.15. The zero-order valence-corrected chi connectivity index (χ0v) is 15.4. The minimum absolute atomic E-state index is 0.319. The van der Waals surface area contributed by atoms with Gasteiger partial charge in [-0.05, 0) is 36.4 Å². The lowest BCUT2D eigenvalue weighted by molar-refractivity contribution is 0.102. The first-order valence-corrected chi connectivity index (χ1v) is 8.68. The van der Waals surface area contributed by atoms with Gasteiger partial charge in [0.1, 0.15) is 22.6 Å². The zero-order valence-electron chi connectivity index (χ0n) is 15.4. The summed E-state index contributed by atoms with van der Waals surface area (Å²) in [5.41, 5.74) is 3.02. The van der Waals surface area contributed by atoms with E-state index >= 15 is 0 Å². The summed E-state index contributed by atoms with van der Waals surface area (Å²) in [5, 5.41) is 2.92. The molecule has 6 nitrogen and oxygen atoms in total. The molecule has 1 heterocycles.